The van der Waals surface area contributed by atoms with E-state index in [1.807, 2.05) is 13.8 Å². The third kappa shape index (κ3) is 2.89. The maximum absolute atomic E-state index is 12.8. The van der Waals surface area contributed by atoms with Gasteiger partial charge in [0, 0.05) is 18.3 Å². The number of nitrogen functional groups attached to an aromatic ring is 1. The molecule has 1 aliphatic rings. The molecule has 7 heteroatoms. The highest BCUT2D eigenvalue weighted by molar-refractivity contribution is 7.89. The van der Waals surface area contributed by atoms with E-state index in [4.69, 9.17) is 5.73 Å². The predicted molar refractivity (Wildman–Crippen MR) is 79.6 cm³/mol. The first-order chi connectivity index (χ1) is 9.75. The highest BCUT2D eigenvalue weighted by atomic mass is 32.2. The Kier molecular flexibility index (Phi) is 4.25. The number of nitrogens with two attached hydrogens (primary N) is 1. The van der Waals surface area contributed by atoms with Crippen LogP contribution in [0.1, 0.15) is 37.0 Å². The number of carboxylic acid groups (broad SMARTS) is 1. The topological polar surface area (TPSA) is 101 Å². The van der Waals surface area contributed by atoms with Crippen LogP contribution in [0.5, 0.6) is 0 Å². The van der Waals surface area contributed by atoms with E-state index in [1.54, 1.807) is 0 Å². The zero-order valence-corrected chi connectivity index (χ0v) is 12.9. The number of carbonyl (C=O) groups is 1. The van der Waals surface area contributed by atoms with Crippen molar-refractivity contribution in [2.75, 3.05) is 12.3 Å². The average Bonchev–Trinajstić information content (AvgIpc) is 2.41. The summed E-state index contributed by atoms with van der Waals surface area (Å²) in [7, 11) is -3.87. The van der Waals surface area contributed by atoms with Gasteiger partial charge in [0.05, 0.1) is 10.5 Å². The molecule has 3 N–H and O–H groups in total. The van der Waals surface area contributed by atoms with Crippen LogP contribution in [0.4, 0.5) is 5.69 Å². The van der Waals surface area contributed by atoms with Crippen molar-refractivity contribution in [3.8, 4) is 0 Å². The summed E-state index contributed by atoms with van der Waals surface area (Å²) in [5.41, 5.74) is 5.63. The Hall–Kier alpha value is -1.60. The van der Waals surface area contributed by atoms with Crippen molar-refractivity contribution in [2.45, 2.75) is 37.6 Å². The molecule has 1 heterocycles. The molecule has 1 aromatic carbocycles. The predicted octanol–water partition coefficient (Wildman–Crippen LogP) is 1.78. The third-order valence-electron chi connectivity index (χ3n) is 4.14. The van der Waals surface area contributed by atoms with Gasteiger partial charge in [0.15, 0.2) is 0 Å². The fourth-order valence-corrected chi connectivity index (χ4v) is 4.68. The summed E-state index contributed by atoms with van der Waals surface area (Å²) in [6.07, 6.45) is 1.74. The van der Waals surface area contributed by atoms with Gasteiger partial charge in [-0.2, -0.15) is 4.31 Å². The van der Waals surface area contributed by atoms with Crippen molar-refractivity contribution < 1.29 is 18.3 Å². The van der Waals surface area contributed by atoms with Crippen molar-refractivity contribution in [3.63, 3.8) is 0 Å². The van der Waals surface area contributed by atoms with Crippen LogP contribution in [0.3, 0.4) is 0 Å². The number of nitrogens with zero attached hydrogens (tertiary/aromatic N) is 1. The van der Waals surface area contributed by atoms with Crippen LogP contribution in [0.25, 0.3) is 0 Å². The van der Waals surface area contributed by atoms with Crippen molar-refractivity contribution in [1.29, 1.82) is 0 Å². The van der Waals surface area contributed by atoms with Crippen molar-refractivity contribution in [3.05, 3.63) is 23.8 Å². The number of carboxylic acids is 1. The second kappa shape index (κ2) is 5.65. The molecule has 2 unspecified atom stereocenters. The molecular weight excluding hydrogens is 292 g/mol. The highest BCUT2D eigenvalue weighted by Crippen LogP contribution is 2.31. The van der Waals surface area contributed by atoms with Crippen LogP contribution in [0, 0.1) is 5.92 Å². The van der Waals surface area contributed by atoms with E-state index in [0.29, 0.717) is 6.54 Å². The fourth-order valence-electron chi connectivity index (χ4n) is 2.69. The Morgan fingerprint density at radius 2 is 2.05 bits per heavy atom. The van der Waals surface area contributed by atoms with E-state index >= 15 is 0 Å². The normalized spacial score (nSPS) is 23.9. The molecule has 0 aliphatic carbocycles. The minimum atomic E-state index is -3.87. The minimum Gasteiger partial charge on any atom is -0.478 e. The van der Waals surface area contributed by atoms with Crippen molar-refractivity contribution in [1.82, 2.24) is 4.31 Å². The van der Waals surface area contributed by atoms with Crippen LogP contribution in [-0.2, 0) is 10.0 Å². The summed E-state index contributed by atoms with van der Waals surface area (Å²) in [6.45, 7) is 4.26. The highest BCUT2D eigenvalue weighted by Gasteiger charge is 2.36. The molecule has 0 amide bonds. The smallest absolute Gasteiger partial charge is 0.337 e. The Morgan fingerprint density at radius 3 is 2.67 bits per heavy atom. The molecule has 0 saturated carbocycles. The Labute approximate surface area is 124 Å². The van der Waals surface area contributed by atoms with Gasteiger partial charge in [0.25, 0.3) is 0 Å². The number of anilines is 1. The van der Waals surface area contributed by atoms with Gasteiger partial charge in [-0.05, 0) is 43.9 Å². The van der Waals surface area contributed by atoms with E-state index in [-0.39, 0.29) is 28.1 Å². The van der Waals surface area contributed by atoms with E-state index in [0.717, 1.165) is 12.8 Å². The van der Waals surface area contributed by atoms with E-state index in [9.17, 15) is 18.3 Å². The van der Waals surface area contributed by atoms with Gasteiger partial charge < -0.3 is 10.8 Å². The number of benzene rings is 1. The first-order valence-corrected chi connectivity index (χ1v) is 8.34. The lowest BCUT2D eigenvalue weighted by molar-refractivity contribution is 0.0692. The van der Waals surface area contributed by atoms with E-state index in [2.05, 4.69) is 0 Å². The number of hydrogen-bond acceptors (Lipinski definition) is 4. The van der Waals surface area contributed by atoms with Crippen LogP contribution >= 0.6 is 0 Å². The number of sulfonamides is 1. The molecule has 21 heavy (non-hydrogen) atoms. The molecule has 0 spiro atoms. The molecule has 6 nitrogen and oxygen atoms in total. The van der Waals surface area contributed by atoms with Gasteiger partial charge in [0.2, 0.25) is 10.0 Å². The van der Waals surface area contributed by atoms with Gasteiger partial charge in [-0.15, -0.1) is 0 Å². The van der Waals surface area contributed by atoms with E-state index < -0.39 is 16.0 Å². The van der Waals surface area contributed by atoms with Crippen molar-refractivity contribution >= 4 is 21.7 Å². The molecule has 0 aromatic heterocycles. The summed E-state index contributed by atoms with van der Waals surface area (Å²) in [4.78, 5) is 11.1. The third-order valence-corrected chi connectivity index (χ3v) is 6.16. The maximum atomic E-state index is 12.8. The summed E-state index contributed by atoms with van der Waals surface area (Å²) in [5, 5.41) is 9.21. The van der Waals surface area contributed by atoms with Crippen LogP contribution < -0.4 is 5.73 Å². The second-order valence-corrected chi connectivity index (χ2v) is 7.40. The molecule has 1 fully saturated rings. The Morgan fingerprint density at radius 1 is 1.38 bits per heavy atom. The SMILES string of the molecule is CC1CCCN(S(=O)(=O)c2cc(N)ccc2C(=O)O)C1C. The Bertz CT molecular complexity index is 657. The number of rotatable bonds is 3. The molecule has 0 bridgehead atoms. The zero-order valence-electron chi connectivity index (χ0n) is 12.1. The first kappa shape index (κ1) is 15.8. The molecule has 1 saturated heterocycles. The lowest BCUT2D eigenvalue weighted by atomic mass is 9.94. The van der Waals surface area contributed by atoms with Crippen molar-refractivity contribution in [2.24, 2.45) is 5.92 Å². The monoisotopic (exact) mass is 312 g/mol. The summed E-state index contributed by atoms with van der Waals surface area (Å²) in [6, 6.07) is 3.70. The fraction of sp³-hybridized carbons (Fsp3) is 0.500. The lowest BCUT2D eigenvalue weighted by Gasteiger charge is -2.37. The molecule has 2 atom stereocenters. The number of piperidine rings is 1. The van der Waals surface area contributed by atoms with Crippen LogP contribution in [0.15, 0.2) is 23.1 Å². The molecule has 0 radical (unpaired) electrons. The van der Waals surface area contributed by atoms with Gasteiger partial charge in [-0.1, -0.05) is 6.92 Å². The Balaban J connectivity index is 2.53. The van der Waals surface area contributed by atoms with E-state index in [1.165, 1.54) is 22.5 Å². The second-order valence-electron chi connectivity index (χ2n) is 5.54. The number of hydrogen-bond donors (Lipinski definition) is 2. The first-order valence-electron chi connectivity index (χ1n) is 6.90. The molecule has 2 rings (SSSR count). The summed E-state index contributed by atoms with van der Waals surface area (Å²) in [5.74, 6) is -1.03. The summed E-state index contributed by atoms with van der Waals surface area (Å²) >= 11 is 0. The molecular formula is C14H20N2O4S. The van der Waals surface area contributed by atoms with Gasteiger partial charge in [0.1, 0.15) is 0 Å². The lowest BCUT2D eigenvalue weighted by Crippen LogP contribution is -2.46. The molecule has 1 aromatic rings. The quantitative estimate of drug-likeness (QED) is 0.828. The summed E-state index contributed by atoms with van der Waals surface area (Å²) < 4.78 is 27.0. The standard InChI is InChI=1S/C14H20N2O4S/c1-9-4-3-7-16(10(9)2)21(19,20)13-8-11(15)5-6-12(13)14(17)18/h5-6,8-10H,3-4,7,15H2,1-2H3,(H,17,18). The molecule has 116 valence electrons. The minimum absolute atomic E-state index is 0.160. The average molecular weight is 312 g/mol. The van der Waals surface area contributed by atoms with Crippen LogP contribution in [0.2, 0.25) is 0 Å². The largest absolute Gasteiger partial charge is 0.478 e. The van der Waals surface area contributed by atoms with Gasteiger partial charge in [-0.3, -0.25) is 0 Å². The number of aromatic carboxylic acids is 1. The van der Waals surface area contributed by atoms with Crippen LogP contribution in [-0.4, -0.2) is 36.4 Å². The van der Waals surface area contributed by atoms with Gasteiger partial charge in [-0.25, -0.2) is 13.2 Å². The zero-order chi connectivity index (χ0) is 15.8. The molecule has 1 aliphatic heterocycles. The maximum Gasteiger partial charge on any atom is 0.337 e. The van der Waals surface area contributed by atoms with Gasteiger partial charge >= 0.3 is 5.97 Å².